The molecule has 120 valence electrons. The highest BCUT2D eigenvalue weighted by molar-refractivity contribution is 7.99. The van der Waals surface area contributed by atoms with Crippen LogP contribution >= 0.6 is 11.8 Å². The van der Waals surface area contributed by atoms with Crippen molar-refractivity contribution in [3.63, 3.8) is 0 Å². The van der Waals surface area contributed by atoms with E-state index < -0.39 is 0 Å². The minimum atomic E-state index is -0.343. The number of carbonyl (C=O) groups excluding carboxylic acids is 1. The van der Waals surface area contributed by atoms with Crippen molar-refractivity contribution < 1.29 is 14.3 Å². The molecule has 3 rings (SSSR count). The van der Waals surface area contributed by atoms with Gasteiger partial charge in [-0.2, -0.15) is 11.8 Å². The maximum absolute atomic E-state index is 11.6. The van der Waals surface area contributed by atoms with Crippen LogP contribution in [0.2, 0.25) is 0 Å². The van der Waals surface area contributed by atoms with Crippen LogP contribution in [0.1, 0.15) is 35.3 Å². The number of nitrogens with one attached hydrogen (secondary N) is 1. The number of hydrogen-bond acceptors (Lipinski definition) is 6. The third-order valence-electron chi connectivity index (χ3n) is 4.40. The summed E-state index contributed by atoms with van der Waals surface area (Å²) in [5.41, 5.74) is 1.26. The maximum atomic E-state index is 11.6. The van der Waals surface area contributed by atoms with E-state index >= 15 is 0 Å². The zero-order chi connectivity index (χ0) is 15.6. The molecule has 1 N–H and O–H groups in total. The molecule has 1 aromatic heterocycles. The quantitative estimate of drug-likeness (QED) is 0.863. The lowest BCUT2D eigenvalue weighted by Gasteiger charge is -2.38. The van der Waals surface area contributed by atoms with Crippen LogP contribution in [-0.2, 0) is 9.47 Å². The second-order valence-electron chi connectivity index (χ2n) is 5.99. The van der Waals surface area contributed by atoms with Crippen molar-refractivity contribution in [2.75, 3.05) is 30.5 Å². The number of rotatable bonds is 3. The molecule has 2 saturated heterocycles. The monoisotopic (exact) mass is 322 g/mol. The van der Waals surface area contributed by atoms with Gasteiger partial charge in [-0.15, -0.1) is 0 Å². The Morgan fingerprint density at radius 2 is 2.41 bits per heavy atom. The maximum Gasteiger partial charge on any atom is 0.339 e. The second-order valence-corrected chi connectivity index (χ2v) is 7.09. The first-order valence-corrected chi connectivity index (χ1v) is 8.82. The van der Waals surface area contributed by atoms with Gasteiger partial charge >= 0.3 is 5.97 Å². The molecule has 3 heterocycles. The summed E-state index contributed by atoms with van der Waals surface area (Å²) >= 11 is 1.98. The molecule has 0 radical (unpaired) electrons. The third-order valence-corrected chi connectivity index (χ3v) is 5.63. The molecule has 2 fully saturated rings. The minimum Gasteiger partial charge on any atom is -0.465 e. The fourth-order valence-electron chi connectivity index (χ4n) is 3.19. The zero-order valence-electron chi connectivity index (χ0n) is 13.1. The highest BCUT2D eigenvalue weighted by Gasteiger charge is 2.40. The molecule has 0 aromatic carbocycles. The number of ether oxygens (including phenoxy) is 2. The summed E-state index contributed by atoms with van der Waals surface area (Å²) in [4.78, 5) is 16.1. The molecule has 0 bridgehead atoms. The number of nitrogens with zero attached hydrogens (tertiary/aromatic N) is 1. The number of aromatic nitrogens is 1. The number of pyridine rings is 1. The summed E-state index contributed by atoms with van der Waals surface area (Å²) in [5.74, 6) is 2.76. The fourth-order valence-corrected chi connectivity index (χ4v) is 4.57. The van der Waals surface area contributed by atoms with Crippen molar-refractivity contribution in [3.8, 4) is 0 Å². The first kappa shape index (κ1) is 15.6. The molecule has 0 amide bonds. The molecule has 2 unspecified atom stereocenters. The van der Waals surface area contributed by atoms with Gasteiger partial charge in [0.25, 0.3) is 0 Å². The predicted molar refractivity (Wildman–Crippen MR) is 87.6 cm³/mol. The Morgan fingerprint density at radius 3 is 3.09 bits per heavy atom. The van der Waals surface area contributed by atoms with Crippen molar-refractivity contribution in [2.45, 2.75) is 37.8 Å². The SMILES string of the molecule is COC(=O)c1ccc(NC2CCOC3(CCSC3)C2)nc1C. The first-order chi connectivity index (χ1) is 10.6. The lowest BCUT2D eigenvalue weighted by molar-refractivity contribution is -0.0628. The Balaban J connectivity index is 1.68. The molecule has 22 heavy (non-hydrogen) atoms. The van der Waals surface area contributed by atoms with Crippen LogP contribution in [0.15, 0.2) is 12.1 Å². The van der Waals surface area contributed by atoms with Crippen molar-refractivity contribution >= 4 is 23.5 Å². The van der Waals surface area contributed by atoms with E-state index in [0.717, 1.165) is 37.4 Å². The lowest BCUT2D eigenvalue weighted by Crippen LogP contribution is -2.44. The van der Waals surface area contributed by atoms with E-state index in [0.29, 0.717) is 17.3 Å². The Morgan fingerprint density at radius 1 is 1.55 bits per heavy atom. The summed E-state index contributed by atoms with van der Waals surface area (Å²) in [6, 6.07) is 4.00. The fraction of sp³-hybridized carbons (Fsp3) is 0.625. The summed E-state index contributed by atoms with van der Waals surface area (Å²) in [6.45, 7) is 2.63. The molecule has 1 aromatic rings. The van der Waals surface area contributed by atoms with Gasteiger partial charge in [0.1, 0.15) is 5.82 Å². The predicted octanol–water partition coefficient (Wildman–Crippen LogP) is 2.64. The topological polar surface area (TPSA) is 60.5 Å². The normalized spacial score (nSPS) is 27.8. The molecule has 6 heteroatoms. The summed E-state index contributed by atoms with van der Waals surface area (Å²) in [6.07, 6.45) is 3.16. The Kier molecular flexibility index (Phi) is 4.59. The van der Waals surface area contributed by atoms with Crippen molar-refractivity contribution in [2.24, 2.45) is 0 Å². The molecule has 2 aliphatic rings. The number of methoxy groups -OCH3 is 1. The van der Waals surface area contributed by atoms with Crippen LogP contribution in [0.25, 0.3) is 0 Å². The molecule has 2 atom stereocenters. The van der Waals surface area contributed by atoms with Crippen molar-refractivity contribution in [3.05, 3.63) is 23.4 Å². The standard InChI is InChI=1S/C16H22N2O3S/c1-11-13(15(19)20-2)3-4-14(17-11)18-12-5-7-21-16(9-12)6-8-22-10-16/h3-4,12H,5-10H2,1-2H3,(H,17,18). The van der Waals surface area contributed by atoms with Gasteiger partial charge in [-0.1, -0.05) is 0 Å². The van der Waals surface area contributed by atoms with Gasteiger partial charge < -0.3 is 14.8 Å². The number of thioether (sulfide) groups is 1. The molecule has 1 spiro atoms. The van der Waals surface area contributed by atoms with Crippen LogP contribution in [-0.4, -0.2) is 47.8 Å². The van der Waals surface area contributed by atoms with E-state index in [1.807, 2.05) is 24.8 Å². The number of esters is 1. The average Bonchev–Trinajstić information content (AvgIpc) is 2.94. The van der Waals surface area contributed by atoms with Gasteiger partial charge in [-0.25, -0.2) is 9.78 Å². The minimum absolute atomic E-state index is 0.0571. The van der Waals surface area contributed by atoms with E-state index in [-0.39, 0.29) is 11.6 Å². The first-order valence-electron chi connectivity index (χ1n) is 7.66. The van der Waals surface area contributed by atoms with Gasteiger partial charge in [0.15, 0.2) is 0 Å². The molecule has 0 aliphatic carbocycles. The number of carbonyl (C=O) groups is 1. The largest absolute Gasteiger partial charge is 0.465 e. The molecular weight excluding hydrogens is 300 g/mol. The van der Waals surface area contributed by atoms with Gasteiger partial charge in [-0.3, -0.25) is 0 Å². The number of aryl methyl sites for hydroxylation is 1. The number of hydrogen-bond donors (Lipinski definition) is 1. The molecular formula is C16H22N2O3S. The number of anilines is 1. The Labute approximate surface area is 135 Å². The zero-order valence-corrected chi connectivity index (χ0v) is 13.9. The Hall–Kier alpha value is -1.27. The third kappa shape index (κ3) is 3.22. The van der Waals surface area contributed by atoms with Gasteiger partial charge in [0.2, 0.25) is 0 Å². The van der Waals surface area contributed by atoms with E-state index in [1.54, 1.807) is 6.07 Å². The second kappa shape index (κ2) is 6.46. The summed E-state index contributed by atoms with van der Waals surface area (Å²) < 4.78 is 10.8. The average molecular weight is 322 g/mol. The van der Waals surface area contributed by atoms with Gasteiger partial charge in [-0.05, 0) is 44.1 Å². The van der Waals surface area contributed by atoms with Gasteiger partial charge in [0, 0.05) is 18.4 Å². The van der Waals surface area contributed by atoms with Crippen molar-refractivity contribution in [1.82, 2.24) is 4.98 Å². The van der Waals surface area contributed by atoms with Crippen LogP contribution < -0.4 is 5.32 Å². The van der Waals surface area contributed by atoms with E-state index in [9.17, 15) is 4.79 Å². The highest BCUT2D eigenvalue weighted by Crippen LogP contribution is 2.38. The van der Waals surface area contributed by atoms with Crippen LogP contribution in [0.4, 0.5) is 5.82 Å². The van der Waals surface area contributed by atoms with Crippen LogP contribution in [0, 0.1) is 6.92 Å². The highest BCUT2D eigenvalue weighted by atomic mass is 32.2. The Bertz CT molecular complexity index is 558. The van der Waals surface area contributed by atoms with E-state index in [4.69, 9.17) is 9.47 Å². The van der Waals surface area contributed by atoms with Crippen LogP contribution in [0.5, 0.6) is 0 Å². The summed E-state index contributed by atoms with van der Waals surface area (Å²) in [7, 11) is 1.38. The van der Waals surface area contributed by atoms with Crippen LogP contribution in [0.3, 0.4) is 0 Å². The molecule has 2 aliphatic heterocycles. The smallest absolute Gasteiger partial charge is 0.339 e. The molecule has 5 nitrogen and oxygen atoms in total. The van der Waals surface area contributed by atoms with E-state index in [2.05, 4.69) is 10.3 Å². The summed E-state index contributed by atoms with van der Waals surface area (Å²) in [5, 5.41) is 3.50. The van der Waals surface area contributed by atoms with Gasteiger partial charge in [0.05, 0.1) is 24.0 Å². The lowest BCUT2D eigenvalue weighted by atomic mass is 9.90. The molecule has 0 saturated carbocycles. The van der Waals surface area contributed by atoms with E-state index in [1.165, 1.54) is 12.9 Å². The van der Waals surface area contributed by atoms with Crippen molar-refractivity contribution in [1.29, 1.82) is 0 Å².